The van der Waals surface area contributed by atoms with Gasteiger partial charge in [0.05, 0.1) is 30.1 Å². The van der Waals surface area contributed by atoms with E-state index in [2.05, 4.69) is 55.8 Å². The van der Waals surface area contributed by atoms with E-state index in [1.54, 1.807) is 6.33 Å². The summed E-state index contributed by atoms with van der Waals surface area (Å²) in [6, 6.07) is 18.7. The van der Waals surface area contributed by atoms with Crippen LogP contribution in [0.3, 0.4) is 0 Å². The molecular formula is C26H22N6O2. The van der Waals surface area contributed by atoms with Crippen LogP contribution in [0.5, 0.6) is 0 Å². The average molecular weight is 451 g/mol. The fourth-order valence-electron chi connectivity index (χ4n) is 5.69. The summed E-state index contributed by atoms with van der Waals surface area (Å²) in [5, 5.41) is 23.4. The van der Waals surface area contributed by atoms with Crippen LogP contribution in [0.4, 0.5) is 5.82 Å². The molecule has 8 nitrogen and oxygen atoms in total. The first-order valence-electron chi connectivity index (χ1n) is 11.4. The number of hydrogen-bond donors (Lipinski definition) is 2. The molecule has 0 radical (unpaired) electrons. The number of anilines is 1. The predicted molar refractivity (Wildman–Crippen MR) is 131 cm³/mol. The van der Waals surface area contributed by atoms with Crippen molar-refractivity contribution in [2.24, 2.45) is 11.1 Å². The van der Waals surface area contributed by atoms with Crippen LogP contribution in [0.15, 0.2) is 72.4 Å². The molecule has 8 heteroatoms. The minimum atomic E-state index is -0.600. The summed E-state index contributed by atoms with van der Waals surface area (Å²) in [5.74, 6) is 0.424. The number of aliphatic hydroxyl groups is 1. The molecule has 0 bridgehead atoms. The Kier molecular flexibility index (Phi) is 4.13. The summed E-state index contributed by atoms with van der Waals surface area (Å²) in [4.78, 5) is 19.3. The zero-order valence-corrected chi connectivity index (χ0v) is 18.5. The van der Waals surface area contributed by atoms with E-state index in [4.69, 9.17) is 4.84 Å². The second kappa shape index (κ2) is 7.23. The van der Waals surface area contributed by atoms with Gasteiger partial charge in [-0.3, -0.25) is 0 Å². The molecule has 1 aliphatic heterocycles. The summed E-state index contributed by atoms with van der Waals surface area (Å²) in [6.07, 6.45) is 2.90. The summed E-state index contributed by atoms with van der Waals surface area (Å²) in [5.41, 5.74) is 3.26. The zero-order chi connectivity index (χ0) is 22.8. The molecule has 34 heavy (non-hydrogen) atoms. The van der Waals surface area contributed by atoms with E-state index in [0.29, 0.717) is 23.4 Å². The highest BCUT2D eigenvalue weighted by atomic mass is 16.6. The Hall–Kier alpha value is -4.04. The molecule has 2 aliphatic rings. The van der Waals surface area contributed by atoms with Crippen molar-refractivity contribution in [3.63, 3.8) is 0 Å². The van der Waals surface area contributed by atoms with Crippen LogP contribution in [0.1, 0.15) is 18.0 Å². The third-order valence-corrected chi connectivity index (χ3v) is 7.20. The average Bonchev–Trinajstić information content (AvgIpc) is 3.57. The van der Waals surface area contributed by atoms with Crippen molar-refractivity contribution in [1.82, 2.24) is 19.5 Å². The molecule has 1 aliphatic carbocycles. The standard InChI is InChI=1S/C26H22N6O2/c1-27-25-23-26(29-12-28-25)32(13-30-23)18-11-19(33)21-22(31-34-24(18)21)20-16-8-4-2-6-14(16)10-15-7-3-5-9-17(15)20/h2-10,12-13,18-19,21,24,33H,11H2,1H3,(H,27,28,29)/t18-,19+,21+,24+/m1/s1. The van der Waals surface area contributed by atoms with Crippen LogP contribution in [-0.4, -0.2) is 49.6 Å². The molecule has 168 valence electrons. The van der Waals surface area contributed by atoms with Crippen LogP contribution < -0.4 is 5.32 Å². The summed E-state index contributed by atoms with van der Waals surface area (Å²) < 4.78 is 1.99. The summed E-state index contributed by atoms with van der Waals surface area (Å²) in [7, 11) is 1.81. The Morgan fingerprint density at radius 3 is 2.47 bits per heavy atom. The molecule has 0 spiro atoms. The van der Waals surface area contributed by atoms with Crippen molar-refractivity contribution in [1.29, 1.82) is 0 Å². The normalized spacial score (nSPS) is 23.9. The van der Waals surface area contributed by atoms with E-state index in [9.17, 15) is 5.11 Å². The predicted octanol–water partition coefficient (Wildman–Crippen LogP) is 3.90. The van der Waals surface area contributed by atoms with Crippen LogP contribution in [0.25, 0.3) is 32.7 Å². The maximum absolute atomic E-state index is 11.3. The monoisotopic (exact) mass is 450 g/mol. The number of nitrogens with zero attached hydrogens (tertiary/aromatic N) is 5. The molecule has 5 aromatic rings. The maximum atomic E-state index is 11.3. The third kappa shape index (κ3) is 2.63. The Morgan fingerprint density at radius 1 is 1.00 bits per heavy atom. The highest BCUT2D eigenvalue weighted by Gasteiger charge is 2.52. The highest BCUT2D eigenvalue weighted by Crippen LogP contribution is 2.45. The number of aliphatic hydroxyl groups excluding tert-OH is 1. The van der Waals surface area contributed by atoms with Crippen LogP contribution >= 0.6 is 0 Å². The van der Waals surface area contributed by atoms with Gasteiger partial charge in [0, 0.05) is 12.6 Å². The van der Waals surface area contributed by atoms with Crippen LogP contribution in [0.2, 0.25) is 0 Å². The zero-order valence-electron chi connectivity index (χ0n) is 18.5. The van der Waals surface area contributed by atoms with Crippen molar-refractivity contribution in [2.75, 3.05) is 12.4 Å². The quantitative estimate of drug-likeness (QED) is 0.405. The fraction of sp³-hybridized carbons (Fsp3) is 0.231. The lowest BCUT2D eigenvalue weighted by molar-refractivity contribution is 0.0380. The Labute approximate surface area is 194 Å². The van der Waals surface area contributed by atoms with Gasteiger partial charge in [-0.25, -0.2) is 15.0 Å². The molecule has 2 N–H and O–H groups in total. The van der Waals surface area contributed by atoms with Gasteiger partial charge in [0.15, 0.2) is 17.6 Å². The molecule has 2 aromatic heterocycles. The van der Waals surface area contributed by atoms with E-state index < -0.39 is 6.10 Å². The van der Waals surface area contributed by atoms with E-state index in [1.165, 1.54) is 6.33 Å². The third-order valence-electron chi connectivity index (χ3n) is 7.20. The van der Waals surface area contributed by atoms with Gasteiger partial charge in [-0.05, 0) is 34.0 Å². The van der Waals surface area contributed by atoms with E-state index in [1.807, 2.05) is 35.9 Å². The molecule has 0 amide bonds. The lowest BCUT2D eigenvalue weighted by Gasteiger charge is -2.19. The minimum Gasteiger partial charge on any atom is -0.392 e. The SMILES string of the molecule is CNc1ncnc2c1ncn2[C@@H]1C[C@H](O)[C@H]2C(c3c4ccccc4cc4ccccc34)=NO[C@H]21. The van der Waals surface area contributed by atoms with E-state index in [0.717, 1.165) is 32.8 Å². The Balaban J connectivity index is 1.36. The molecule has 7 rings (SSSR count). The van der Waals surface area contributed by atoms with Gasteiger partial charge >= 0.3 is 0 Å². The maximum Gasteiger partial charge on any atom is 0.165 e. The molecular weight excluding hydrogens is 428 g/mol. The van der Waals surface area contributed by atoms with Gasteiger partial charge in [0.1, 0.15) is 11.8 Å². The van der Waals surface area contributed by atoms with Gasteiger partial charge in [-0.2, -0.15) is 0 Å². The number of imidazole rings is 1. The second-order valence-corrected chi connectivity index (χ2v) is 8.93. The van der Waals surface area contributed by atoms with Gasteiger partial charge in [0.2, 0.25) is 0 Å². The van der Waals surface area contributed by atoms with E-state index >= 15 is 0 Å². The molecule has 3 heterocycles. The van der Waals surface area contributed by atoms with Gasteiger partial charge < -0.3 is 19.8 Å². The van der Waals surface area contributed by atoms with E-state index in [-0.39, 0.29) is 18.1 Å². The Bertz CT molecular complexity index is 1560. The highest BCUT2D eigenvalue weighted by molar-refractivity contribution is 6.22. The lowest BCUT2D eigenvalue weighted by Crippen LogP contribution is -2.29. The molecule has 1 saturated carbocycles. The number of aromatic nitrogens is 4. The second-order valence-electron chi connectivity index (χ2n) is 8.93. The van der Waals surface area contributed by atoms with Gasteiger partial charge in [-0.15, -0.1) is 0 Å². The van der Waals surface area contributed by atoms with Crippen molar-refractivity contribution in [2.45, 2.75) is 24.7 Å². The largest absolute Gasteiger partial charge is 0.392 e. The number of oxime groups is 1. The topological polar surface area (TPSA) is 97.5 Å². The van der Waals surface area contributed by atoms with Crippen molar-refractivity contribution >= 4 is 44.2 Å². The molecule has 4 atom stereocenters. The summed E-state index contributed by atoms with van der Waals surface area (Å²) >= 11 is 0. The van der Waals surface area contributed by atoms with Crippen LogP contribution in [-0.2, 0) is 4.84 Å². The first-order chi connectivity index (χ1) is 16.7. The van der Waals surface area contributed by atoms with Crippen molar-refractivity contribution in [3.05, 3.63) is 72.8 Å². The minimum absolute atomic E-state index is 0.146. The number of nitrogens with one attached hydrogen (secondary N) is 1. The molecule has 3 aromatic carbocycles. The Morgan fingerprint density at radius 2 is 1.74 bits per heavy atom. The first-order valence-corrected chi connectivity index (χ1v) is 11.4. The van der Waals surface area contributed by atoms with Crippen molar-refractivity contribution < 1.29 is 9.94 Å². The molecule has 0 saturated heterocycles. The first kappa shape index (κ1) is 19.4. The number of hydrogen-bond acceptors (Lipinski definition) is 7. The molecule has 0 unspecified atom stereocenters. The smallest absolute Gasteiger partial charge is 0.165 e. The fourth-order valence-corrected chi connectivity index (χ4v) is 5.69. The number of benzene rings is 3. The van der Waals surface area contributed by atoms with Gasteiger partial charge in [0.25, 0.3) is 0 Å². The van der Waals surface area contributed by atoms with Crippen LogP contribution in [0, 0.1) is 5.92 Å². The molecule has 1 fully saturated rings. The van der Waals surface area contributed by atoms with Gasteiger partial charge in [-0.1, -0.05) is 53.7 Å². The van der Waals surface area contributed by atoms with Crippen molar-refractivity contribution in [3.8, 4) is 0 Å². The number of fused-ring (bicyclic) bond motifs is 4. The lowest BCUT2D eigenvalue weighted by atomic mass is 9.86. The summed E-state index contributed by atoms with van der Waals surface area (Å²) in [6.45, 7) is 0. The number of rotatable bonds is 3.